The maximum Gasteiger partial charge on any atom is 0.416 e. The van der Waals surface area contributed by atoms with Gasteiger partial charge in [0, 0.05) is 17.9 Å². The molecular formula is C12H9F3N2S2. The molecule has 2 aromatic rings. The molecule has 0 aliphatic rings. The van der Waals surface area contributed by atoms with Crippen molar-refractivity contribution in [3.8, 4) is 6.07 Å². The number of nitrogens with zero attached hydrogens (tertiary/aromatic N) is 2. The molecule has 100 valence electrons. The van der Waals surface area contributed by atoms with Crippen LogP contribution in [0.15, 0.2) is 18.2 Å². The molecule has 0 aliphatic carbocycles. The summed E-state index contributed by atoms with van der Waals surface area (Å²) < 4.78 is 38.4. The molecule has 2 nitrogen and oxygen atoms in total. The number of alkyl halides is 3. The van der Waals surface area contributed by atoms with Crippen molar-refractivity contribution in [3.63, 3.8) is 0 Å². The lowest BCUT2D eigenvalue weighted by Crippen LogP contribution is -2.03. The third-order valence-electron chi connectivity index (χ3n) is 2.34. The second-order valence-electron chi connectivity index (χ2n) is 3.75. The zero-order chi connectivity index (χ0) is 13.9. The van der Waals surface area contributed by atoms with Gasteiger partial charge in [0.15, 0.2) is 0 Å². The van der Waals surface area contributed by atoms with E-state index in [1.807, 2.05) is 6.07 Å². The molecule has 1 heterocycles. The molecule has 1 aromatic heterocycles. The molecule has 2 rings (SSSR count). The number of hydrogen-bond acceptors (Lipinski definition) is 4. The number of thioether (sulfide) groups is 1. The molecule has 19 heavy (non-hydrogen) atoms. The molecule has 0 fully saturated rings. The van der Waals surface area contributed by atoms with Crippen molar-refractivity contribution in [1.82, 2.24) is 4.98 Å². The summed E-state index contributed by atoms with van der Waals surface area (Å²) in [6, 6.07) is 5.65. The summed E-state index contributed by atoms with van der Waals surface area (Å²) in [5, 5.41) is 9.19. The van der Waals surface area contributed by atoms with Gasteiger partial charge in [-0.1, -0.05) is 0 Å². The third-order valence-corrected chi connectivity index (χ3v) is 4.53. The lowest BCUT2D eigenvalue weighted by atomic mass is 10.2. The second-order valence-corrected chi connectivity index (χ2v) is 5.97. The minimum Gasteiger partial charge on any atom is -0.240 e. The highest BCUT2D eigenvalue weighted by atomic mass is 32.2. The zero-order valence-corrected chi connectivity index (χ0v) is 11.3. The first-order valence-electron chi connectivity index (χ1n) is 5.42. The smallest absolute Gasteiger partial charge is 0.240 e. The van der Waals surface area contributed by atoms with Gasteiger partial charge in [-0.25, -0.2) is 4.98 Å². The van der Waals surface area contributed by atoms with E-state index in [2.05, 4.69) is 4.98 Å². The Morgan fingerprint density at radius 2 is 2.16 bits per heavy atom. The first-order valence-corrected chi connectivity index (χ1v) is 7.39. The Balaban J connectivity index is 2.15. The lowest BCUT2D eigenvalue weighted by Gasteiger charge is -2.04. The van der Waals surface area contributed by atoms with E-state index in [0.29, 0.717) is 23.4 Å². The Labute approximate surface area is 116 Å². The number of halogens is 3. The second kappa shape index (κ2) is 5.80. The average Bonchev–Trinajstić information content (AvgIpc) is 2.75. The van der Waals surface area contributed by atoms with E-state index >= 15 is 0 Å². The van der Waals surface area contributed by atoms with Crippen LogP contribution >= 0.6 is 23.1 Å². The van der Waals surface area contributed by atoms with Gasteiger partial charge in [-0.05, 0) is 18.2 Å². The molecule has 1 aromatic carbocycles. The molecule has 0 spiro atoms. The van der Waals surface area contributed by atoms with Gasteiger partial charge in [0.05, 0.1) is 21.8 Å². The summed E-state index contributed by atoms with van der Waals surface area (Å²) in [7, 11) is 0. The number of thiazole rings is 1. The minimum atomic E-state index is -4.33. The normalized spacial score (nSPS) is 11.7. The van der Waals surface area contributed by atoms with Gasteiger partial charge in [-0.2, -0.15) is 30.2 Å². The van der Waals surface area contributed by atoms with E-state index in [-0.39, 0.29) is 0 Å². The topological polar surface area (TPSA) is 36.7 Å². The van der Waals surface area contributed by atoms with Crippen LogP contribution in [0, 0.1) is 11.3 Å². The van der Waals surface area contributed by atoms with Crippen LogP contribution in [-0.4, -0.2) is 10.7 Å². The van der Waals surface area contributed by atoms with Gasteiger partial charge in [-0.3, -0.25) is 0 Å². The summed E-state index contributed by atoms with van der Waals surface area (Å²) >= 11 is 2.95. The van der Waals surface area contributed by atoms with Crippen LogP contribution in [0.3, 0.4) is 0 Å². The van der Waals surface area contributed by atoms with Crippen LogP contribution in [0.2, 0.25) is 0 Å². The van der Waals surface area contributed by atoms with Crippen LogP contribution in [0.1, 0.15) is 17.0 Å². The molecule has 0 saturated carbocycles. The Hall–Kier alpha value is -1.26. The van der Waals surface area contributed by atoms with E-state index in [1.165, 1.54) is 17.4 Å². The van der Waals surface area contributed by atoms with Crippen molar-refractivity contribution in [2.45, 2.75) is 18.3 Å². The Morgan fingerprint density at radius 3 is 2.84 bits per heavy atom. The SMILES string of the molecule is N#CCCSCc1nc2cc(C(F)(F)F)ccc2s1. The number of hydrogen-bond donors (Lipinski definition) is 0. The highest BCUT2D eigenvalue weighted by Gasteiger charge is 2.30. The summed E-state index contributed by atoms with van der Waals surface area (Å²) in [5.41, 5.74) is -0.287. The molecule has 0 amide bonds. The number of aromatic nitrogens is 1. The molecular weight excluding hydrogens is 293 g/mol. The summed E-state index contributed by atoms with van der Waals surface area (Å²) in [5.74, 6) is 1.34. The zero-order valence-electron chi connectivity index (χ0n) is 9.70. The number of rotatable bonds is 4. The Bertz CT molecular complexity index is 613. The molecule has 7 heteroatoms. The predicted octanol–water partition coefficient (Wildman–Crippen LogP) is 4.46. The summed E-state index contributed by atoms with van der Waals surface area (Å²) in [4.78, 5) is 4.20. The van der Waals surface area contributed by atoms with Crippen LogP contribution in [0.25, 0.3) is 10.2 Å². The van der Waals surface area contributed by atoms with Gasteiger partial charge >= 0.3 is 6.18 Å². The first kappa shape index (κ1) is 14.2. The van der Waals surface area contributed by atoms with Crippen LogP contribution in [0.5, 0.6) is 0 Å². The fourth-order valence-corrected chi connectivity index (χ4v) is 3.34. The Kier molecular flexibility index (Phi) is 4.32. The van der Waals surface area contributed by atoms with E-state index in [1.54, 1.807) is 11.8 Å². The number of benzene rings is 1. The van der Waals surface area contributed by atoms with Gasteiger partial charge in [0.1, 0.15) is 5.01 Å². The van der Waals surface area contributed by atoms with E-state index in [0.717, 1.165) is 21.8 Å². The monoisotopic (exact) mass is 302 g/mol. The van der Waals surface area contributed by atoms with E-state index in [4.69, 9.17) is 5.26 Å². The van der Waals surface area contributed by atoms with Gasteiger partial charge < -0.3 is 0 Å². The largest absolute Gasteiger partial charge is 0.416 e. The number of nitriles is 1. The van der Waals surface area contributed by atoms with Crippen molar-refractivity contribution in [1.29, 1.82) is 5.26 Å². The predicted molar refractivity (Wildman–Crippen MR) is 71.0 cm³/mol. The van der Waals surface area contributed by atoms with E-state index < -0.39 is 11.7 Å². The number of fused-ring (bicyclic) bond motifs is 1. The van der Waals surface area contributed by atoms with Crippen molar-refractivity contribution >= 4 is 33.3 Å². The third kappa shape index (κ3) is 3.61. The van der Waals surface area contributed by atoms with Crippen LogP contribution in [0.4, 0.5) is 13.2 Å². The maximum atomic E-state index is 12.6. The van der Waals surface area contributed by atoms with E-state index in [9.17, 15) is 13.2 Å². The summed E-state index contributed by atoms with van der Waals surface area (Å²) in [6.45, 7) is 0. The highest BCUT2D eigenvalue weighted by Crippen LogP contribution is 2.33. The van der Waals surface area contributed by atoms with Gasteiger partial charge in [-0.15, -0.1) is 11.3 Å². The highest BCUT2D eigenvalue weighted by molar-refractivity contribution is 7.98. The lowest BCUT2D eigenvalue weighted by molar-refractivity contribution is -0.137. The fourth-order valence-electron chi connectivity index (χ4n) is 1.49. The van der Waals surface area contributed by atoms with Gasteiger partial charge in [0.2, 0.25) is 0 Å². The molecule has 0 N–H and O–H groups in total. The van der Waals surface area contributed by atoms with Crippen molar-refractivity contribution in [2.24, 2.45) is 0 Å². The Morgan fingerprint density at radius 1 is 1.37 bits per heavy atom. The fraction of sp³-hybridized carbons (Fsp3) is 0.333. The van der Waals surface area contributed by atoms with Crippen LogP contribution < -0.4 is 0 Å². The first-order chi connectivity index (χ1) is 9.00. The molecule has 0 bridgehead atoms. The summed E-state index contributed by atoms with van der Waals surface area (Å²) in [6.07, 6.45) is -3.87. The quantitative estimate of drug-likeness (QED) is 0.782. The maximum absolute atomic E-state index is 12.6. The molecule has 0 saturated heterocycles. The molecule has 0 radical (unpaired) electrons. The molecule has 0 aliphatic heterocycles. The van der Waals surface area contributed by atoms with Gasteiger partial charge in [0.25, 0.3) is 0 Å². The van der Waals surface area contributed by atoms with Crippen molar-refractivity contribution in [3.05, 3.63) is 28.8 Å². The standard InChI is InChI=1S/C12H9F3N2S2/c13-12(14,15)8-2-3-10-9(6-8)17-11(19-10)7-18-5-1-4-16/h2-3,6H,1,5,7H2. The molecule has 0 atom stereocenters. The average molecular weight is 302 g/mol. The van der Waals surface area contributed by atoms with Crippen molar-refractivity contribution < 1.29 is 13.2 Å². The van der Waals surface area contributed by atoms with Crippen molar-refractivity contribution in [2.75, 3.05) is 5.75 Å². The molecule has 0 unspecified atom stereocenters. The van der Waals surface area contributed by atoms with Crippen LogP contribution in [-0.2, 0) is 11.9 Å². The minimum absolute atomic E-state index is 0.385.